The molecule has 4 atom stereocenters. The van der Waals surface area contributed by atoms with Crippen LogP contribution in [0, 0.1) is 11.8 Å². The predicted octanol–water partition coefficient (Wildman–Crippen LogP) is 3.79. The summed E-state index contributed by atoms with van der Waals surface area (Å²) >= 11 is 0. The van der Waals surface area contributed by atoms with E-state index in [1.165, 1.54) is 24.9 Å². The molecule has 2 aliphatic carbocycles. The Morgan fingerprint density at radius 3 is 2.56 bits per heavy atom. The third kappa shape index (κ3) is 4.72. The molecule has 0 radical (unpaired) electrons. The molecular formula is C28H36N6O2. The Hall–Kier alpha value is -2.97. The van der Waals surface area contributed by atoms with E-state index in [-0.39, 0.29) is 17.7 Å². The van der Waals surface area contributed by atoms with Crippen molar-refractivity contribution in [1.82, 2.24) is 19.4 Å². The van der Waals surface area contributed by atoms with Gasteiger partial charge in [0.25, 0.3) is 5.56 Å². The SMILES string of the molecule is CC(O)CCN1CCN(c2ccc(Nc3ncc4ccc(=O)n(C5CC6CCC5C6)c4n3)cc2)CC1. The van der Waals surface area contributed by atoms with Crippen molar-refractivity contribution in [3.8, 4) is 0 Å². The van der Waals surface area contributed by atoms with Crippen molar-refractivity contribution in [2.75, 3.05) is 42.9 Å². The minimum Gasteiger partial charge on any atom is -0.393 e. The van der Waals surface area contributed by atoms with Crippen molar-refractivity contribution >= 4 is 28.4 Å². The van der Waals surface area contributed by atoms with Crippen LogP contribution in [-0.2, 0) is 0 Å². The van der Waals surface area contributed by atoms with Crippen molar-refractivity contribution in [2.45, 2.75) is 51.2 Å². The summed E-state index contributed by atoms with van der Waals surface area (Å²) in [4.78, 5) is 27.1. The van der Waals surface area contributed by atoms with Crippen LogP contribution in [-0.4, -0.2) is 63.4 Å². The van der Waals surface area contributed by atoms with Crippen LogP contribution >= 0.6 is 0 Å². The van der Waals surface area contributed by atoms with Gasteiger partial charge in [-0.15, -0.1) is 0 Å². The summed E-state index contributed by atoms with van der Waals surface area (Å²) in [7, 11) is 0. The van der Waals surface area contributed by atoms with Crippen molar-refractivity contribution in [1.29, 1.82) is 0 Å². The average molecular weight is 489 g/mol. The number of aromatic nitrogens is 3. The van der Waals surface area contributed by atoms with Crippen LogP contribution in [0.1, 0.15) is 45.1 Å². The highest BCUT2D eigenvalue weighted by molar-refractivity contribution is 5.76. The minimum atomic E-state index is -0.236. The van der Waals surface area contributed by atoms with Crippen molar-refractivity contribution in [3.05, 3.63) is 52.9 Å². The Bertz CT molecular complexity index is 1270. The molecule has 3 heterocycles. The number of benzene rings is 1. The number of rotatable bonds is 7. The maximum absolute atomic E-state index is 12.9. The fourth-order valence-electron chi connectivity index (χ4n) is 6.43. The second kappa shape index (κ2) is 9.82. The second-order valence-corrected chi connectivity index (χ2v) is 10.9. The number of aliphatic hydroxyl groups is 1. The van der Waals surface area contributed by atoms with Gasteiger partial charge in [-0.1, -0.05) is 6.42 Å². The molecule has 0 amide bonds. The topological polar surface area (TPSA) is 86.5 Å². The summed E-state index contributed by atoms with van der Waals surface area (Å²) in [5.41, 5.74) is 2.92. The first-order valence-corrected chi connectivity index (χ1v) is 13.4. The lowest BCUT2D eigenvalue weighted by atomic mass is 9.95. The van der Waals surface area contributed by atoms with E-state index >= 15 is 0 Å². The van der Waals surface area contributed by atoms with Crippen molar-refractivity contribution in [3.63, 3.8) is 0 Å². The zero-order valence-corrected chi connectivity index (χ0v) is 21.0. The van der Waals surface area contributed by atoms with E-state index in [1.807, 2.05) is 23.8 Å². The Labute approximate surface area is 212 Å². The number of aliphatic hydroxyl groups excluding tert-OH is 1. The molecule has 0 spiro atoms. The van der Waals surface area contributed by atoms with Gasteiger partial charge in [0.15, 0.2) is 0 Å². The number of fused-ring (bicyclic) bond motifs is 3. The molecule has 2 bridgehead atoms. The number of piperazine rings is 1. The Balaban J connectivity index is 1.15. The van der Waals surface area contributed by atoms with E-state index in [1.54, 1.807) is 6.07 Å². The molecule has 1 aromatic carbocycles. The summed E-state index contributed by atoms with van der Waals surface area (Å²) in [6.07, 6.45) is 7.27. The van der Waals surface area contributed by atoms with Gasteiger partial charge in [-0.2, -0.15) is 4.98 Å². The van der Waals surface area contributed by atoms with Crippen LogP contribution in [0.5, 0.6) is 0 Å². The number of nitrogens with zero attached hydrogens (tertiary/aromatic N) is 5. The van der Waals surface area contributed by atoms with Gasteiger partial charge >= 0.3 is 0 Å². The van der Waals surface area contributed by atoms with E-state index < -0.39 is 0 Å². The third-order valence-electron chi connectivity index (χ3n) is 8.42. The summed E-state index contributed by atoms with van der Waals surface area (Å²) in [5, 5.41) is 13.8. The molecule has 6 rings (SSSR count). The molecule has 2 N–H and O–H groups in total. The van der Waals surface area contributed by atoms with Gasteiger partial charge in [-0.05, 0) is 74.8 Å². The Morgan fingerprint density at radius 2 is 1.86 bits per heavy atom. The molecule has 2 aromatic heterocycles. The summed E-state index contributed by atoms with van der Waals surface area (Å²) in [5.74, 6) is 1.87. The first-order chi connectivity index (χ1) is 17.5. The van der Waals surface area contributed by atoms with E-state index in [4.69, 9.17) is 4.98 Å². The fourth-order valence-corrected chi connectivity index (χ4v) is 6.43. The van der Waals surface area contributed by atoms with Crippen molar-refractivity contribution < 1.29 is 5.11 Å². The third-order valence-corrected chi connectivity index (χ3v) is 8.42. The largest absolute Gasteiger partial charge is 0.393 e. The molecule has 3 aromatic rings. The number of pyridine rings is 1. The number of nitrogens with one attached hydrogen (secondary N) is 1. The standard InChI is InChI=1S/C28H36N6O2/c1-19(35)10-11-32-12-14-33(15-13-32)24-7-5-23(6-8-24)30-28-29-18-22-4-9-26(36)34(27(22)31-28)25-17-20-2-3-21(25)16-20/h4-9,18-21,25,35H,2-3,10-17H2,1H3,(H,29,30,31). The molecule has 1 saturated heterocycles. The summed E-state index contributed by atoms with van der Waals surface area (Å²) < 4.78 is 1.94. The van der Waals surface area contributed by atoms with Crippen LogP contribution in [0.3, 0.4) is 0 Å². The highest BCUT2D eigenvalue weighted by Gasteiger charge is 2.41. The zero-order valence-electron chi connectivity index (χ0n) is 21.0. The van der Waals surface area contributed by atoms with Crippen LogP contribution in [0.25, 0.3) is 11.0 Å². The predicted molar refractivity (Wildman–Crippen MR) is 143 cm³/mol. The first kappa shape index (κ1) is 23.4. The van der Waals surface area contributed by atoms with Crippen LogP contribution in [0.2, 0.25) is 0 Å². The van der Waals surface area contributed by atoms with Gasteiger partial charge in [-0.25, -0.2) is 4.98 Å². The Morgan fingerprint density at radius 1 is 1.06 bits per heavy atom. The molecule has 190 valence electrons. The monoisotopic (exact) mass is 488 g/mol. The molecule has 36 heavy (non-hydrogen) atoms. The normalized spacial score (nSPS) is 24.9. The number of anilines is 3. The van der Waals surface area contributed by atoms with Gasteiger partial charge in [0.1, 0.15) is 5.65 Å². The van der Waals surface area contributed by atoms with Gasteiger partial charge < -0.3 is 15.3 Å². The maximum Gasteiger partial charge on any atom is 0.252 e. The second-order valence-electron chi connectivity index (χ2n) is 10.9. The van der Waals surface area contributed by atoms with Crippen molar-refractivity contribution in [2.24, 2.45) is 11.8 Å². The summed E-state index contributed by atoms with van der Waals surface area (Å²) in [6, 6.07) is 12.2. The van der Waals surface area contributed by atoms with Crippen LogP contribution < -0.4 is 15.8 Å². The molecule has 3 fully saturated rings. The highest BCUT2D eigenvalue weighted by Crippen LogP contribution is 2.50. The lowest BCUT2D eigenvalue weighted by Gasteiger charge is -2.36. The molecule has 8 heteroatoms. The number of hydrogen-bond donors (Lipinski definition) is 2. The lowest BCUT2D eigenvalue weighted by molar-refractivity contribution is 0.153. The molecule has 4 unspecified atom stereocenters. The van der Waals surface area contributed by atoms with Gasteiger partial charge in [0.2, 0.25) is 5.95 Å². The zero-order chi connectivity index (χ0) is 24.6. The minimum absolute atomic E-state index is 0.0417. The first-order valence-electron chi connectivity index (χ1n) is 13.4. The van der Waals surface area contributed by atoms with Gasteiger partial charge in [0.05, 0.1) is 6.10 Å². The molecule has 2 saturated carbocycles. The van der Waals surface area contributed by atoms with Gasteiger partial charge in [0, 0.05) is 67.8 Å². The average Bonchev–Trinajstić information content (AvgIpc) is 3.52. The smallest absolute Gasteiger partial charge is 0.252 e. The van der Waals surface area contributed by atoms with E-state index in [0.717, 1.165) is 68.2 Å². The number of hydrogen-bond acceptors (Lipinski definition) is 7. The molecule has 1 aliphatic heterocycles. The molecular weight excluding hydrogens is 452 g/mol. The Kier molecular flexibility index (Phi) is 6.39. The van der Waals surface area contributed by atoms with Crippen LogP contribution in [0.15, 0.2) is 47.4 Å². The highest BCUT2D eigenvalue weighted by atomic mass is 16.3. The van der Waals surface area contributed by atoms with E-state index in [2.05, 4.69) is 44.4 Å². The van der Waals surface area contributed by atoms with Crippen LogP contribution in [0.4, 0.5) is 17.3 Å². The lowest BCUT2D eigenvalue weighted by Crippen LogP contribution is -2.47. The summed E-state index contributed by atoms with van der Waals surface area (Å²) in [6.45, 7) is 6.81. The quantitative estimate of drug-likeness (QED) is 0.523. The fraction of sp³-hybridized carbons (Fsp3) is 0.536. The van der Waals surface area contributed by atoms with Gasteiger partial charge in [-0.3, -0.25) is 14.3 Å². The molecule has 8 nitrogen and oxygen atoms in total. The van der Waals surface area contributed by atoms with E-state index in [9.17, 15) is 9.90 Å². The molecule has 3 aliphatic rings. The van der Waals surface area contributed by atoms with E-state index in [0.29, 0.717) is 11.9 Å². The maximum atomic E-state index is 12.9.